The second-order valence-corrected chi connectivity index (χ2v) is 5.33. The molecule has 18 heavy (non-hydrogen) atoms. The summed E-state index contributed by atoms with van der Waals surface area (Å²) in [7, 11) is 4.03. The fraction of sp³-hybridized carbons (Fsp3) is 0.385. The van der Waals surface area contributed by atoms with Gasteiger partial charge in [-0.3, -0.25) is 4.79 Å². The number of H-pyrrole nitrogens is 1. The number of hydrogen-bond acceptors (Lipinski definition) is 3. The highest BCUT2D eigenvalue weighted by molar-refractivity contribution is 9.11. The number of aromatic nitrogens is 2. The summed E-state index contributed by atoms with van der Waals surface area (Å²) in [6.07, 6.45) is 6.79. The second-order valence-electron chi connectivity index (χ2n) is 4.31. The predicted molar refractivity (Wildman–Crippen MR) is 78.8 cm³/mol. The Morgan fingerprint density at radius 2 is 2.33 bits per heavy atom. The molecule has 1 N–H and O–H groups in total. The molecule has 0 spiro atoms. The van der Waals surface area contributed by atoms with Crippen LogP contribution < -0.4 is 5.56 Å². The molecule has 98 valence electrons. The fourth-order valence-electron chi connectivity index (χ4n) is 1.45. The van der Waals surface area contributed by atoms with E-state index in [1.54, 1.807) is 18.3 Å². The van der Waals surface area contributed by atoms with Crippen molar-refractivity contribution in [1.82, 2.24) is 14.9 Å². The molecule has 1 aromatic heterocycles. The molecule has 1 aromatic rings. The van der Waals surface area contributed by atoms with Gasteiger partial charge in [-0.15, -0.1) is 0 Å². The van der Waals surface area contributed by atoms with E-state index < -0.39 is 0 Å². The topological polar surface area (TPSA) is 49.0 Å². The van der Waals surface area contributed by atoms with Crippen molar-refractivity contribution in [2.45, 2.75) is 12.8 Å². The van der Waals surface area contributed by atoms with Gasteiger partial charge in [-0.2, -0.15) is 0 Å². The first-order chi connectivity index (χ1) is 8.49. The molecule has 0 amide bonds. The monoisotopic (exact) mass is 311 g/mol. The number of nitrogens with one attached hydrogen (secondary N) is 1. The molecule has 0 bridgehead atoms. The minimum Gasteiger partial charge on any atom is -0.309 e. The molecule has 0 aromatic carbocycles. The minimum absolute atomic E-state index is 0.0661. The van der Waals surface area contributed by atoms with Gasteiger partial charge in [0.15, 0.2) is 0 Å². The van der Waals surface area contributed by atoms with Gasteiger partial charge in [0.2, 0.25) is 0 Å². The van der Waals surface area contributed by atoms with Crippen LogP contribution in [0, 0.1) is 0 Å². The third-order valence-corrected chi connectivity index (χ3v) is 2.63. The van der Waals surface area contributed by atoms with E-state index in [0.717, 1.165) is 29.4 Å². The highest BCUT2D eigenvalue weighted by atomic mass is 79.9. The fourth-order valence-corrected chi connectivity index (χ4v) is 1.59. The van der Waals surface area contributed by atoms with Crippen molar-refractivity contribution in [2.75, 3.05) is 20.6 Å². The Bertz CT molecular complexity index is 491. The van der Waals surface area contributed by atoms with E-state index in [2.05, 4.69) is 37.4 Å². The molecule has 0 aliphatic rings. The lowest BCUT2D eigenvalue weighted by Gasteiger charge is -2.08. The third-order valence-electron chi connectivity index (χ3n) is 2.37. The number of allylic oxidation sites excluding steroid dienone is 2. The maximum absolute atomic E-state index is 11.8. The van der Waals surface area contributed by atoms with Gasteiger partial charge >= 0.3 is 0 Å². The molecule has 0 aliphatic heterocycles. The lowest BCUT2D eigenvalue weighted by Crippen LogP contribution is -2.18. The molecular weight excluding hydrogens is 294 g/mol. The normalized spacial score (nSPS) is 11.3. The van der Waals surface area contributed by atoms with Crippen LogP contribution in [0.3, 0.4) is 0 Å². The van der Waals surface area contributed by atoms with Crippen molar-refractivity contribution in [1.29, 1.82) is 0 Å². The molecule has 0 atom stereocenters. The Morgan fingerprint density at radius 1 is 1.61 bits per heavy atom. The first-order valence-corrected chi connectivity index (χ1v) is 6.54. The highest BCUT2D eigenvalue weighted by Gasteiger charge is 2.01. The van der Waals surface area contributed by atoms with Gasteiger partial charge in [0.05, 0.1) is 0 Å². The summed E-state index contributed by atoms with van der Waals surface area (Å²) in [6.45, 7) is 4.64. The van der Waals surface area contributed by atoms with Crippen LogP contribution in [0.25, 0.3) is 6.08 Å². The van der Waals surface area contributed by atoms with Crippen LogP contribution in [0.15, 0.2) is 28.1 Å². The summed E-state index contributed by atoms with van der Waals surface area (Å²) in [4.78, 5) is 20.8. The minimum atomic E-state index is -0.0661. The van der Waals surface area contributed by atoms with E-state index in [1.807, 2.05) is 14.1 Å². The number of rotatable bonds is 6. The smallest absolute Gasteiger partial charge is 0.254 e. The summed E-state index contributed by atoms with van der Waals surface area (Å²) < 4.78 is 0.736. The molecule has 0 saturated carbocycles. The first-order valence-electron chi connectivity index (χ1n) is 5.74. The Morgan fingerprint density at radius 3 is 2.89 bits per heavy atom. The Hall–Kier alpha value is -1.20. The quantitative estimate of drug-likeness (QED) is 0.819. The van der Waals surface area contributed by atoms with Crippen molar-refractivity contribution in [3.63, 3.8) is 0 Å². The molecule has 0 saturated heterocycles. The van der Waals surface area contributed by atoms with E-state index in [0.29, 0.717) is 5.82 Å². The van der Waals surface area contributed by atoms with Crippen LogP contribution in [0.5, 0.6) is 0 Å². The van der Waals surface area contributed by atoms with Gasteiger partial charge in [-0.05, 0) is 45.6 Å². The molecule has 0 radical (unpaired) electrons. The summed E-state index contributed by atoms with van der Waals surface area (Å²) in [5.41, 5.74) is 0.662. The number of halogens is 1. The molecule has 4 nitrogen and oxygen atoms in total. The Kier molecular flexibility index (Phi) is 6.01. The third kappa shape index (κ3) is 5.42. The number of aromatic amines is 1. The van der Waals surface area contributed by atoms with Crippen LogP contribution in [0.2, 0.25) is 0 Å². The van der Waals surface area contributed by atoms with E-state index in [4.69, 9.17) is 0 Å². The van der Waals surface area contributed by atoms with Crippen LogP contribution in [-0.4, -0.2) is 35.5 Å². The number of hydrogen-bond donors (Lipinski definition) is 1. The van der Waals surface area contributed by atoms with Gasteiger partial charge in [-0.1, -0.05) is 22.5 Å². The SMILES string of the molecule is C=C(Br)/C=C\c1ncc(CCCN(C)C)c(=O)[nH]1. The zero-order valence-electron chi connectivity index (χ0n) is 10.7. The van der Waals surface area contributed by atoms with Gasteiger partial charge in [-0.25, -0.2) is 4.98 Å². The number of aryl methyl sites for hydroxylation is 1. The molecule has 5 heteroatoms. The molecule has 0 unspecified atom stereocenters. The zero-order chi connectivity index (χ0) is 13.5. The molecular formula is C13H18BrN3O. The average molecular weight is 312 g/mol. The van der Waals surface area contributed by atoms with Gasteiger partial charge in [0.1, 0.15) is 5.82 Å². The summed E-state index contributed by atoms with van der Waals surface area (Å²) in [5, 5.41) is 0. The van der Waals surface area contributed by atoms with Gasteiger partial charge in [0.25, 0.3) is 5.56 Å². The van der Waals surface area contributed by atoms with Crippen molar-refractivity contribution < 1.29 is 0 Å². The van der Waals surface area contributed by atoms with E-state index in [9.17, 15) is 4.79 Å². The maximum atomic E-state index is 11.8. The van der Waals surface area contributed by atoms with Crippen LogP contribution in [0.1, 0.15) is 17.8 Å². The lowest BCUT2D eigenvalue weighted by atomic mass is 10.2. The van der Waals surface area contributed by atoms with E-state index in [-0.39, 0.29) is 5.56 Å². The van der Waals surface area contributed by atoms with Gasteiger partial charge in [0, 0.05) is 16.2 Å². The Labute approximate surface area is 116 Å². The van der Waals surface area contributed by atoms with Crippen LogP contribution >= 0.6 is 15.9 Å². The van der Waals surface area contributed by atoms with Gasteiger partial charge < -0.3 is 9.88 Å². The number of nitrogens with zero attached hydrogens (tertiary/aromatic N) is 2. The second kappa shape index (κ2) is 7.28. The molecule has 1 heterocycles. The summed E-state index contributed by atoms with van der Waals surface area (Å²) in [6, 6.07) is 0. The van der Waals surface area contributed by atoms with Crippen molar-refractivity contribution in [3.05, 3.63) is 45.1 Å². The van der Waals surface area contributed by atoms with E-state index >= 15 is 0 Å². The van der Waals surface area contributed by atoms with Crippen molar-refractivity contribution in [2.24, 2.45) is 0 Å². The van der Waals surface area contributed by atoms with E-state index in [1.165, 1.54) is 0 Å². The first kappa shape index (κ1) is 14.9. The Balaban J connectivity index is 2.68. The van der Waals surface area contributed by atoms with Crippen LogP contribution in [-0.2, 0) is 6.42 Å². The molecule has 0 aliphatic carbocycles. The average Bonchev–Trinajstić information content (AvgIpc) is 2.28. The molecule has 1 rings (SSSR count). The van der Waals surface area contributed by atoms with Crippen molar-refractivity contribution in [3.8, 4) is 0 Å². The zero-order valence-corrected chi connectivity index (χ0v) is 12.3. The standard InChI is InChI=1S/C13H18BrN3O/c1-10(14)6-7-12-15-9-11(13(18)16-12)5-4-8-17(2)3/h6-7,9H,1,4-5,8H2,2-3H3,(H,15,16,18)/b7-6-. The van der Waals surface area contributed by atoms with Crippen LogP contribution in [0.4, 0.5) is 0 Å². The predicted octanol–water partition coefficient (Wildman–Crippen LogP) is 2.19. The largest absolute Gasteiger partial charge is 0.309 e. The lowest BCUT2D eigenvalue weighted by molar-refractivity contribution is 0.400. The molecule has 0 fully saturated rings. The summed E-state index contributed by atoms with van der Waals surface area (Å²) in [5.74, 6) is 0.539. The van der Waals surface area contributed by atoms with Crippen molar-refractivity contribution >= 4 is 22.0 Å². The summed E-state index contributed by atoms with van der Waals surface area (Å²) >= 11 is 3.21. The highest BCUT2D eigenvalue weighted by Crippen LogP contribution is 2.04. The maximum Gasteiger partial charge on any atom is 0.254 e.